The van der Waals surface area contributed by atoms with Gasteiger partial charge in [0, 0.05) is 0 Å². The second kappa shape index (κ2) is 9.24. The second-order valence-electron chi connectivity index (χ2n) is 7.48. The van der Waals surface area contributed by atoms with Gasteiger partial charge in [-0.3, -0.25) is 0 Å². The summed E-state index contributed by atoms with van der Waals surface area (Å²) in [6.07, 6.45) is -5.45. The number of ether oxygens (including phenoxy) is 4. The monoisotopic (exact) mass is 477 g/mol. The van der Waals surface area contributed by atoms with Crippen LogP contribution in [0.25, 0.3) is 0 Å². The predicted molar refractivity (Wildman–Crippen MR) is 105 cm³/mol. The molecule has 8 nitrogen and oxygen atoms in total. The van der Waals surface area contributed by atoms with Crippen LogP contribution in [-0.2, 0) is 19.3 Å². The van der Waals surface area contributed by atoms with Gasteiger partial charge in [-0.15, -0.1) is 13.2 Å². The molecule has 0 aromatic heterocycles. The highest BCUT2D eigenvalue weighted by atomic mass is 32.2. The normalized spacial score (nSPS) is 19.5. The smallest absolute Gasteiger partial charge is 0.457 e. The number of rotatable bonds is 8. The Bertz CT molecular complexity index is 1010. The van der Waals surface area contributed by atoms with E-state index in [2.05, 4.69) is 4.74 Å². The summed E-state index contributed by atoms with van der Waals surface area (Å²) in [7, 11) is -3.80. The molecule has 32 heavy (non-hydrogen) atoms. The van der Waals surface area contributed by atoms with Crippen LogP contribution in [0.4, 0.5) is 13.2 Å². The Labute approximate surface area is 182 Å². The van der Waals surface area contributed by atoms with Gasteiger partial charge in [0.25, 0.3) is 0 Å². The third-order valence-electron chi connectivity index (χ3n) is 4.52. The summed E-state index contributed by atoms with van der Waals surface area (Å²) in [5, 5.41) is 9.42. The molecule has 2 aromatic rings. The molecule has 0 unspecified atom stereocenters. The zero-order valence-corrected chi connectivity index (χ0v) is 17.9. The van der Waals surface area contributed by atoms with Crippen molar-refractivity contribution in [3.8, 4) is 17.2 Å². The van der Waals surface area contributed by atoms with Crippen LogP contribution in [0.2, 0.25) is 0 Å². The third kappa shape index (κ3) is 6.56. The molecule has 1 heterocycles. The Morgan fingerprint density at radius 2 is 1.62 bits per heavy atom. The van der Waals surface area contributed by atoms with E-state index in [1.165, 1.54) is 36.4 Å². The largest absolute Gasteiger partial charge is 0.573 e. The highest BCUT2D eigenvalue weighted by Gasteiger charge is 2.39. The van der Waals surface area contributed by atoms with Crippen molar-refractivity contribution in [3.05, 3.63) is 48.5 Å². The van der Waals surface area contributed by atoms with Crippen molar-refractivity contribution in [2.45, 2.75) is 43.0 Å². The van der Waals surface area contributed by atoms with Crippen LogP contribution < -0.4 is 15.0 Å². The number of sulfone groups is 1. The summed E-state index contributed by atoms with van der Waals surface area (Å²) in [4.78, 5) is -0.00259. The lowest BCUT2D eigenvalue weighted by Gasteiger charge is -2.23. The van der Waals surface area contributed by atoms with Crippen molar-refractivity contribution in [2.24, 2.45) is 0 Å². The molecule has 12 heteroatoms. The molecule has 0 aliphatic carbocycles. The molecule has 0 radical (unpaired) electrons. The molecular formula is C20H22F3NO7S. The second-order valence-corrected chi connectivity index (χ2v) is 9.51. The van der Waals surface area contributed by atoms with Crippen LogP contribution in [0.15, 0.2) is 53.4 Å². The quantitative estimate of drug-likeness (QED) is 0.556. The minimum absolute atomic E-state index is 0.00259. The fraction of sp³-hybridized carbons (Fsp3) is 0.400. The van der Waals surface area contributed by atoms with Gasteiger partial charge in [0.05, 0.1) is 23.3 Å². The number of alkyl halides is 3. The van der Waals surface area contributed by atoms with Crippen molar-refractivity contribution in [1.82, 2.24) is 5.48 Å². The first kappa shape index (κ1) is 24.3. The molecular weight excluding hydrogens is 455 g/mol. The fourth-order valence-electron chi connectivity index (χ4n) is 3.03. The topological polar surface area (TPSA) is 103 Å². The van der Waals surface area contributed by atoms with Crippen molar-refractivity contribution in [2.75, 3.05) is 12.4 Å². The average molecular weight is 477 g/mol. The predicted octanol–water partition coefficient (Wildman–Crippen LogP) is 3.65. The SMILES string of the molecule is CC1(C)OC[C@@H]([C@@H](CS(=O)(=O)c2ccc(Oc3ccc(OC(F)(F)F)cc3)cc2)NO)O1. The summed E-state index contributed by atoms with van der Waals surface area (Å²) >= 11 is 0. The first-order chi connectivity index (χ1) is 14.9. The zero-order chi connectivity index (χ0) is 23.6. The number of hydrogen-bond donors (Lipinski definition) is 2. The number of hydroxylamine groups is 1. The molecule has 2 aromatic carbocycles. The van der Waals surface area contributed by atoms with Crippen LogP contribution >= 0.6 is 0 Å². The van der Waals surface area contributed by atoms with Crippen LogP contribution in [-0.4, -0.2) is 50.3 Å². The zero-order valence-electron chi connectivity index (χ0n) is 17.1. The first-order valence-corrected chi connectivity index (χ1v) is 11.1. The molecule has 0 bridgehead atoms. The highest BCUT2D eigenvalue weighted by Crippen LogP contribution is 2.29. The van der Waals surface area contributed by atoms with E-state index in [9.17, 15) is 26.8 Å². The summed E-state index contributed by atoms with van der Waals surface area (Å²) in [6.45, 7) is 3.50. The molecule has 0 spiro atoms. The molecule has 2 N–H and O–H groups in total. The Morgan fingerprint density at radius 1 is 1.09 bits per heavy atom. The van der Waals surface area contributed by atoms with Crippen LogP contribution in [0.1, 0.15) is 13.8 Å². The number of hydrogen-bond acceptors (Lipinski definition) is 8. The van der Waals surface area contributed by atoms with Gasteiger partial charge < -0.3 is 24.2 Å². The van der Waals surface area contributed by atoms with Crippen LogP contribution in [0.3, 0.4) is 0 Å². The third-order valence-corrected chi connectivity index (χ3v) is 6.31. The van der Waals surface area contributed by atoms with E-state index < -0.39 is 45.6 Å². The Balaban J connectivity index is 1.64. The number of nitrogens with one attached hydrogen (secondary N) is 1. The van der Waals surface area contributed by atoms with E-state index in [4.69, 9.17) is 14.2 Å². The van der Waals surface area contributed by atoms with Gasteiger partial charge in [-0.1, -0.05) is 0 Å². The number of halogens is 3. The average Bonchev–Trinajstić information content (AvgIpc) is 3.06. The molecule has 1 aliphatic heterocycles. The molecule has 2 atom stereocenters. The highest BCUT2D eigenvalue weighted by molar-refractivity contribution is 7.91. The van der Waals surface area contributed by atoms with Gasteiger partial charge in [-0.25, -0.2) is 8.42 Å². The molecule has 176 valence electrons. The minimum atomic E-state index is -4.79. The van der Waals surface area contributed by atoms with Gasteiger partial charge >= 0.3 is 6.36 Å². The maximum Gasteiger partial charge on any atom is 0.573 e. The van der Waals surface area contributed by atoms with Gasteiger partial charge in [-0.2, -0.15) is 5.48 Å². The van der Waals surface area contributed by atoms with E-state index in [1.54, 1.807) is 13.8 Å². The van der Waals surface area contributed by atoms with E-state index >= 15 is 0 Å². The maximum atomic E-state index is 12.7. The Kier molecular flexibility index (Phi) is 7.00. The van der Waals surface area contributed by atoms with Gasteiger partial charge in [0.2, 0.25) is 0 Å². The van der Waals surface area contributed by atoms with Gasteiger partial charge in [0.1, 0.15) is 23.4 Å². The molecule has 1 fully saturated rings. The summed E-state index contributed by atoms with van der Waals surface area (Å²) in [5.41, 5.74) is 1.98. The molecule has 3 rings (SSSR count). The summed E-state index contributed by atoms with van der Waals surface area (Å²) < 4.78 is 82.5. The van der Waals surface area contributed by atoms with Crippen molar-refractivity contribution in [1.29, 1.82) is 0 Å². The van der Waals surface area contributed by atoms with E-state index in [1.807, 2.05) is 5.48 Å². The minimum Gasteiger partial charge on any atom is -0.457 e. The van der Waals surface area contributed by atoms with Gasteiger partial charge in [-0.05, 0) is 62.4 Å². The Hall–Kier alpha value is -2.38. The van der Waals surface area contributed by atoms with Crippen molar-refractivity contribution in [3.63, 3.8) is 0 Å². The van der Waals surface area contributed by atoms with E-state index in [0.717, 1.165) is 12.1 Å². The van der Waals surface area contributed by atoms with E-state index in [-0.39, 0.29) is 23.0 Å². The van der Waals surface area contributed by atoms with Crippen molar-refractivity contribution >= 4 is 9.84 Å². The van der Waals surface area contributed by atoms with Crippen LogP contribution in [0, 0.1) is 0 Å². The lowest BCUT2D eigenvalue weighted by molar-refractivity contribution is -0.274. The van der Waals surface area contributed by atoms with Crippen molar-refractivity contribution < 1.29 is 45.7 Å². The van der Waals surface area contributed by atoms with E-state index in [0.29, 0.717) is 0 Å². The van der Waals surface area contributed by atoms with Gasteiger partial charge in [0.15, 0.2) is 15.6 Å². The lowest BCUT2D eigenvalue weighted by Crippen LogP contribution is -2.45. The molecule has 0 saturated carbocycles. The Morgan fingerprint density at radius 3 is 2.09 bits per heavy atom. The molecule has 0 amide bonds. The molecule has 1 saturated heterocycles. The molecule has 1 aliphatic rings. The standard InChI is InChI=1S/C20H22F3NO7S/c1-19(2)28-11-18(31-19)17(24-25)12-32(26,27)16-9-7-14(8-10-16)29-13-3-5-15(6-4-13)30-20(21,22)23/h3-10,17-18,24-25H,11-12H2,1-2H3/t17-,18+/m1/s1. The maximum absolute atomic E-state index is 12.7. The summed E-state index contributed by atoms with van der Waals surface area (Å²) in [6, 6.07) is 9.34. The fourth-order valence-corrected chi connectivity index (χ4v) is 4.54. The van der Waals surface area contributed by atoms with Crippen LogP contribution in [0.5, 0.6) is 17.2 Å². The number of benzene rings is 2. The lowest BCUT2D eigenvalue weighted by atomic mass is 10.2. The summed E-state index contributed by atoms with van der Waals surface area (Å²) in [5.74, 6) is -1.19. The first-order valence-electron chi connectivity index (χ1n) is 9.45.